The van der Waals surface area contributed by atoms with Gasteiger partial charge in [0.15, 0.2) is 0 Å². The lowest BCUT2D eigenvalue weighted by Gasteiger charge is -2.33. The number of hydrogen-bond acceptors (Lipinski definition) is 2. The van der Waals surface area contributed by atoms with Crippen molar-refractivity contribution in [2.24, 2.45) is 0 Å². The minimum Gasteiger partial charge on any atom is -0.376 e. The molecule has 0 aliphatic carbocycles. The average Bonchev–Trinajstić information content (AvgIpc) is 2.33. The van der Waals surface area contributed by atoms with Gasteiger partial charge in [0, 0.05) is 12.6 Å². The molecular weight excluding hydrogens is 126 g/mol. The lowest BCUT2D eigenvalue weighted by molar-refractivity contribution is -0.0389. The van der Waals surface area contributed by atoms with Gasteiger partial charge < -0.3 is 4.74 Å². The Morgan fingerprint density at radius 2 is 2.40 bits per heavy atom. The number of rotatable bonds is 0. The molecule has 0 unspecified atom stereocenters. The van der Waals surface area contributed by atoms with Crippen molar-refractivity contribution in [3.05, 3.63) is 0 Å². The third-order valence-corrected chi connectivity index (χ3v) is 2.56. The molecule has 58 valence electrons. The third kappa shape index (κ3) is 1.06. The summed E-state index contributed by atoms with van der Waals surface area (Å²) in [5.41, 5.74) is 0. The second-order valence-corrected chi connectivity index (χ2v) is 3.43. The van der Waals surface area contributed by atoms with Gasteiger partial charge in [-0.05, 0) is 26.3 Å². The van der Waals surface area contributed by atoms with Crippen LogP contribution in [0.5, 0.6) is 0 Å². The van der Waals surface area contributed by atoms with E-state index in [1.165, 1.54) is 19.4 Å². The molecule has 0 aromatic carbocycles. The van der Waals surface area contributed by atoms with Crippen LogP contribution in [0.2, 0.25) is 0 Å². The van der Waals surface area contributed by atoms with E-state index >= 15 is 0 Å². The maximum Gasteiger partial charge on any atom is 0.0674 e. The molecule has 2 saturated heterocycles. The summed E-state index contributed by atoms with van der Waals surface area (Å²) in [7, 11) is 0. The summed E-state index contributed by atoms with van der Waals surface area (Å²) >= 11 is 0. The molecule has 0 amide bonds. The summed E-state index contributed by atoms with van der Waals surface area (Å²) in [5.74, 6) is 0. The number of hydrogen-bond donors (Lipinski definition) is 0. The van der Waals surface area contributed by atoms with Crippen molar-refractivity contribution in [2.45, 2.75) is 31.9 Å². The third-order valence-electron chi connectivity index (χ3n) is 2.56. The molecule has 2 heterocycles. The van der Waals surface area contributed by atoms with E-state index in [1.54, 1.807) is 0 Å². The van der Waals surface area contributed by atoms with E-state index in [0.29, 0.717) is 6.10 Å². The first-order chi connectivity index (χ1) is 4.86. The molecule has 2 atom stereocenters. The number of ether oxygens (including phenoxy) is 1. The van der Waals surface area contributed by atoms with Crippen molar-refractivity contribution in [2.75, 3.05) is 19.7 Å². The van der Waals surface area contributed by atoms with Crippen molar-refractivity contribution >= 4 is 0 Å². The van der Waals surface area contributed by atoms with Gasteiger partial charge in [-0.15, -0.1) is 0 Å². The van der Waals surface area contributed by atoms with E-state index < -0.39 is 0 Å². The molecule has 2 fully saturated rings. The highest BCUT2D eigenvalue weighted by atomic mass is 16.5. The molecule has 2 nitrogen and oxygen atoms in total. The van der Waals surface area contributed by atoms with Crippen LogP contribution in [0.4, 0.5) is 0 Å². The number of nitrogens with zero attached hydrogens (tertiary/aromatic N) is 1. The smallest absolute Gasteiger partial charge is 0.0674 e. The first kappa shape index (κ1) is 6.62. The molecule has 2 heteroatoms. The van der Waals surface area contributed by atoms with Crippen molar-refractivity contribution < 1.29 is 4.74 Å². The molecule has 10 heavy (non-hydrogen) atoms. The summed E-state index contributed by atoms with van der Waals surface area (Å²) in [5, 5.41) is 0. The van der Waals surface area contributed by atoms with Crippen LogP contribution in [0.25, 0.3) is 0 Å². The Bertz CT molecular complexity index is 126. The number of fused-ring (bicyclic) bond motifs is 1. The van der Waals surface area contributed by atoms with Crippen LogP contribution in [-0.4, -0.2) is 36.7 Å². The second kappa shape index (κ2) is 2.51. The predicted octanol–water partition coefficient (Wildman–Crippen LogP) is 0.869. The van der Waals surface area contributed by atoms with Crippen LogP contribution in [0, 0.1) is 0 Å². The highest BCUT2D eigenvalue weighted by Crippen LogP contribution is 2.21. The summed E-state index contributed by atoms with van der Waals surface area (Å²) < 4.78 is 5.55. The topological polar surface area (TPSA) is 12.5 Å². The van der Waals surface area contributed by atoms with Crippen molar-refractivity contribution in [3.8, 4) is 0 Å². The average molecular weight is 141 g/mol. The molecule has 0 saturated carbocycles. The molecular formula is C8H15NO. The van der Waals surface area contributed by atoms with E-state index in [9.17, 15) is 0 Å². The van der Waals surface area contributed by atoms with E-state index in [1.807, 2.05) is 0 Å². The maximum absolute atomic E-state index is 5.55. The van der Waals surface area contributed by atoms with Gasteiger partial charge in [0.2, 0.25) is 0 Å². The van der Waals surface area contributed by atoms with Crippen molar-refractivity contribution in [3.63, 3.8) is 0 Å². The summed E-state index contributed by atoms with van der Waals surface area (Å²) in [6.45, 7) is 5.60. The van der Waals surface area contributed by atoms with Crippen LogP contribution in [0.15, 0.2) is 0 Å². The quantitative estimate of drug-likeness (QED) is 0.496. The SMILES string of the molecule is C[C@@H]1CN2CCC[C@@H]2CO1. The van der Waals surface area contributed by atoms with E-state index in [4.69, 9.17) is 4.74 Å². The van der Waals surface area contributed by atoms with Gasteiger partial charge in [0.05, 0.1) is 12.7 Å². The number of morpholine rings is 1. The molecule has 0 spiro atoms. The van der Waals surface area contributed by atoms with Gasteiger partial charge in [-0.2, -0.15) is 0 Å². The molecule has 0 N–H and O–H groups in total. The lowest BCUT2D eigenvalue weighted by Crippen LogP contribution is -2.44. The van der Waals surface area contributed by atoms with Crippen LogP contribution in [0.1, 0.15) is 19.8 Å². The van der Waals surface area contributed by atoms with Crippen LogP contribution >= 0.6 is 0 Å². The molecule has 2 aliphatic rings. The Labute approximate surface area is 62.2 Å². The van der Waals surface area contributed by atoms with Gasteiger partial charge in [0.1, 0.15) is 0 Å². The van der Waals surface area contributed by atoms with Gasteiger partial charge in [0.25, 0.3) is 0 Å². The standard InChI is InChI=1S/C8H15NO/c1-7-5-9-4-2-3-8(9)6-10-7/h7-8H,2-6H2,1H3/t7-,8-/m1/s1. The molecule has 2 rings (SSSR count). The highest BCUT2D eigenvalue weighted by molar-refractivity contribution is 4.83. The van der Waals surface area contributed by atoms with Crippen molar-refractivity contribution in [1.29, 1.82) is 0 Å². The van der Waals surface area contributed by atoms with E-state index in [0.717, 1.165) is 19.2 Å². The van der Waals surface area contributed by atoms with Gasteiger partial charge >= 0.3 is 0 Å². The molecule has 0 aromatic heterocycles. The first-order valence-electron chi connectivity index (χ1n) is 4.22. The zero-order chi connectivity index (χ0) is 6.97. The predicted molar refractivity (Wildman–Crippen MR) is 40.0 cm³/mol. The van der Waals surface area contributed by atoms with Crippen molar-refractivity contribution in [1.82, 2.24) is 4.90 Å². The summed E-state index contributed by atoms with van der Waals surface area (Å²) in [6, 6.07) is 0.760. The zero-order valence-electron chi connectivity index (χ0n) is 6.55. The van der Waals surface area contributed by atoms with Crippen LogP contribution in [-0.2, 0) is 4.74 Å². The zero-order valence-corrected chi connectivity index (χ0v) is 6.55. The highest BCUT2D eigenvalue weighted by Gasteiger charge is 2.29. The van der Waals surface area contributed by atoms with Gasteiger partial charge in [-0.1, -0.05) is 0 Å². The minimum atomic E-state index is 0.467. The Balaban J connectivity index is 1.96. The monoisotopic (exact) mass is 141 g/mol. The van der Waals surface area contributed by atoms with Crippen LogP contribution in [0.3, 0.4) is 0 Å². The van der Waals surface area contributed by atoms with Gasteiger partial charge in [-0.25, -0.2) is 0 Å². The first-order valence-corrected chi connectivity index (χ1v) is 4.22. The minimum absolute atomic E-state index is 0.467. The lowest BCUT2D eigenvalue weighted by atomic mass is 10.2. The molecule has 0 bridgehead atoms. The molecule has 0 aromatic rings. The largest absolute Gasteiger partial charge is 0.376 e. The molecule has 0 radical (unpaired) electrons. The fraction of sp³-hybridized carbons (Fsp3) is 1.00. The fourth-order valence-electron chi connectivity index (χ4n) is 1.98. The Kier molecular flexibility index (Phi) is 1.66. The van der Waals surface area contributed by atoms with E-state index in [2.05, 4.69) is 11.8 Å². The Morgan fingerprint density at radius 3 is 3.30 bits per heavy atom. The summed E-state index contributed by atoms with van der Waals surface area (Å²) in [6.07, 6.45) is 3.20. The van der Waals surface area contributed by atoms with E-state index in [-0.39, 0.29) is 0 Å². The van der Waals surface area contributed by atoms with Crippen LogP contribution < -0.4 is 0 Å². The Hall–Kier alpha value is -0.0800. The Morgan fingerprint density at radius 1 is 1.50 bits per heavy atom. The van der Waals surface area contributed by atoms with Gasteiger partial charge in [-0.3, -0.25) is 4.90 Å². The normalized spacial score (nSPS) is 41.7. The second-order valence-electron chi connectivity index (χ2n) is 3.43. The maximum atomic E-state index is 5.55. The molecule has 2 aliphatic heterocycles. The fourth-order valence-corrected chi connectivity index (χ4v) is 1.98. The summed E-state index contributed by atoms with van der Waals surface area (Å²) in [4.78, 5) is 2.56.